The third-order valence-corrected chi connectivity index (χ3v) is 2.94. The molecule has 0 radical (unpaired) electrons. The highest BCUT2D eigenvalue weighted by Crippen LogP contribution is 2.41. The van der Waals surface area contributed by atoms with Crippen molar-refractivity contribution in [2.75, 3.05) is 19.8 Å². The normalized spacial score (nSPS) is 14.3. The van der Waals surface area contributed by atoms with Crippen LogP contribution in [0.3, 0.4) is 0 Å². The first kappa shape index (κ1) is 13.0. The Morgan fingerprint density at radius 2 is 2.06 bits per heavy atom. The van der Waals surface area contributed by atoms with Crippen LogP contribution in [-0.2, 0) is 6.42 Å². The topological polar surface area (TPSA) is 64.7 Å². The summed E-state index contributed by atoms with van der Waals surface area (Å²) in [6, 6.07) is 1.18. The maximum atomic E-state index is 13.6. The minimum absolute atomic E-state index is 0.337. The van der Waals surface area contributed by atoms with E-state index in [0.717, 1.165) is 19.3 Å². The van der Waals surface area contributed by atoms with E-state index >= 15 is 0 Å². The van der Waals surface area contributed by atoms with Gasteiger partial charge in [0.2, 0.25) is 0 Å². The second-order valence-electron chi connectivity index (χ2n) is 4.31. The van der Waals surface area contributed by atoms with Gasteiger partial charge in [0.1, 0.15) is 0 Å². The fourth-order valence-electron chi connectivity index (χ4n) is 2.01. The summed E-state index contributed by atoms with van der Waals surface area (Å²) in [5.74, 6) is -0.146. The minimum atomic E-state index is -0.665. The molecule has 2 rings (SSSR count). The molecule has 0 spiro atoms. The molecule has 18 heavy (non-hydrogen) atoms. The molecular weight excluding hydrogens is 237 g/mol. The molecule has 0 unspecified atom stereocenters. The fraction of sp³-hybridized carbons (Fsp3) is 0.538. The molecule has 5 heteroatoms. The molecule has 0 atom stereocenters. The van der Waals surface area contributed by atoms with Crippen LogP contribution >= 0.6 is 0 Å². The van der Waals surface area contributed by atoms with Crippen LogP contribution in [0.2, 0.25) is 0 Å². The van der Waals surface area contributed by atoms with Crippen molar-refractivity contribution in [2.45, 2.75) is 25.7 Å². The van der Waals surface area contributed by atoms with Gasteiger partial charge < -0.3 is 20.3 Å². The Balaban J connectivity index is 2.32. The number of ether oxygens (including phenoxy) is 2. The molecule has 1 aromatic rings. The van der Waals surface area contributed by atoms with Crippen LogP contribution < -0.4 is 15.2 Å². The Labute approximate surface area is 106 Å². The molecular formula is C13H18FNO3. The minimum Gasteiger partial charge on any atom is -0.505 e. The van der Waals surface area contributed by atoms with E-state index in [4.69, 9.17) is 15.2 Å². The van der Waals surface area contributed by atoms with Gasteiger partial charge in [-0.05, 0) is 25.8 Å². The standard InChI is InChI=1S/C13H18FNO3/c14-10-8-11-13(18-7-3-6-17-11)9(12(10)16)4-1-2-5-15/h8,16H,1-7,15H2. The van der Waals surface area contributed by atoms with Gasteiger partial charge in [-0.1, -0.05) is 0 Å². The van der Waals surface area contributed by atoms with E-state index in [-0.39, 0.29) is 5.75 Å². The zero-order chi connectivity index (χ0) is 13.0. The van der Waals surface area contributed by atoms with E-state index in [9.17, 15) is 9.50 Å². The molecule has 1 aromatic carbocycles. The van der Waals surface area contributed by atoms with Gasteiger partial charge >= 0.3 is 0 Å². The van der Waals surface area contributed by atoms with Crippen LogP contribution in [0, 0.1) is 5.82 Å². The SMILES string of the molecule is NCCCCc1c(O)c(F)cc2c1OCCCO2. The number of nitrogens with two attached hydrogens (primary N) is 1. The average Bonchev–Trinajstić information content (AvgIpc) is 2.59. The average molecular weight is 255 g/mol. The van der Waals surface area contributed by atoms with Gasteiger partial charge in [0.25, 0.3) is 0 Å². The highest BCUT2D eigenvalue weighted by Gasteiger charge is 2.21. The van der Waals surface area contributed by atoms with E-state index in [1.54, 1.807) is 0 Å². The van der Waals surface area contributed by atoms with E-state index in [1.165, 1.54) is 6.07 Å². The highest BCUT2D eigenvalue weighted by atomic mass is 19.1. The molecule has 0 fully saturated rings. The number of hydrogen-bond donors (Lipinski definition) is 2. The van der Waals surface area contributed by atoms with Crippen LogP contribution in [0.25, 0.3) is 0 Å². The van der Waals surface area contributed by atoms with Crippen molar-refractivity contribution in [1.82, 2.24) is 0 Å². The van der Waals surface area contributed by atoms with E-state index in [1.807, 2.05) is 0 Å². The second kappa shape index (κ2) is 5.91. The summed E-state index contributed by atoms with van der Waals surface area (Å²) < 4.78 is 24.6. The van der Waals surface area contributed by atoms with Gasteiger partial charge in [-0.3, -0.25) is 0 Å². The molecule has 1 aliphatic heterocycles. The fourth-order valence-corrected chi connectivity index (χ4v) is 2.01. The van der Waals surface area contributed by atoms with Crippen molar-refractivity contribution in [3.63, 3.8) is 0 Å². The monoisotopic (exact) mass is 255 g/mol. The van der Waals surface area contributed by atoms with Gasteiger partial charge in [-0.15, -0.1) is 0 Å². The molecule has 0 bridgehead atoms. The lowest BCUT2D eigenvalue weighted by Crippen LogP contribution is -2.02. The Morgan fingerprint density at radius 1 is 1.28 bits per heavy atom. The Kier molecular flexibility index (Phi) is 4.25. The number of hydrogen-bond acceptors (Lipinski definition) is 4. The van der Waals surface area contributed by atoms with Crippen molar-refractivity contribution >= 4 is 0 Å². The lowest BCUT2D eigenvalue weighted by Gasteiger charge is -2.14. The number of fused-ring (bicyclic) bond motifs is 1. The number of halogens is 1. The Bertz CT molecular complexity index is 423. The van der Waals surface area contributed by atoms with Crippen molar-refractivity contribution in [3.8, 4) is 17.2 Å². The number of rotatable bonds is 4. The Morgan fingerprint density at radius 3 is 2.83 bits per heavy atom. The van der Waals surface area contributed by atoms with Gasteiger partial charge in [0, 0.05) is 18.1 Å². The van der Waals surface area contributed by atoms with Crippen LogP contribution in [-0.4, -0.2) is 24.9 Å². The molecule has 0 aromatic heterocycles. The third-order valence-electron chi connectivity index (χ3n) is 2.94. The van der Waals surface area contributed by atoms with Crippen molar-refractivity contribution in [2.24, 2.45) is 5.73 Å². The van der Waals surface area contributed by atoms with Crippen LogP contribution in [0.1, 0.15) is 24.8 Å². The molecule has 1 heterocycles. The zero-order valence-corrected chi connectivity index (χ0v) is 10.2. The number of aromatic hydroxyl groups is 1. The molecule has 0 amide bonds. The lowest BCUT2D eigenvalue weighted by atomic mass is 10.0. The summed E-state index contributed by atoms with van der Waals surface area (Å²) in [6.45, 7) is 1.59. The number of phenolic OH excluding ortho intramolecular Hbond substituents is 1. The van der Waals surface area contributed by atoms with Gasteiger partial charge in [-0.25, -0.2) is 4.39 Å². The van der Waals surface area contributed by atoms with Crippen LogP contribution in [0.15, 0.2) is 6.07 Å². The first-order valence-electron chi connectivity index (χ1n) is 6.24. The molecule has 3 N–H and O–H groups in total. The summed E-state index contributed by atoms with van der Waals surface area (Å²) in [5, 5.41) is 9.80. The quantitative estimate of drug-likeness (QED) is 0.807. The van der Waals surface area contributed by atoms with E-state index in [2.05, 4.69) is 0 Å². The third kappa shape index (κ3) is 2.67. The summed E-state index contributed by atoms with van der Waals surface area (Å²) in [7, 11) is 0. The molecule has 0 saturated heterocycles. The maximum Gasteiger partial charge on any atom is 0.169 e. The highest BCUT2D eigenvalue weighted by molar-refractivity contribution is 5.54. The smallest absolute Gasteiger partial charge is 0.169 e. The van der Waals surface area contributed by atoms with Crippen LogP contribution in [0.5, 0.6) is 17.2 Å². The first-order chi connectivity index (χ1) is 8.74. The van der Waals surface area contributed by atoms with Gasteiger partial charge in [0.05, 0.1) is 13.2 Å². The number of unbranched alkanes of at least 4 members (excludes halogenated alkanes) is 1. The number of benzene rings is 1. The molecule has 0 saturated carbocycles. The second-order valence-corrected chi connectivity index (χ2v) is 4.31. The Hall–Kier alpha value is -1.49. The lowest BCUT2D eigenvalue weighted by molar-refractivity contribution is 0.295. The van der Waals surface area contributed by atoms with Crippen LogP contribution in [0.4, 0.5) is 4.39 Å². The summed E-state index contributed by atoms with van der Waals surface area (Å²) in [6.07, 6.45) is 2.89. The van der Waals surface area contributed by atoms with E-state index in [0.29, 0.717) is 43.2 Å². The molecule has 1 aliphatic rings. The summed E-state index contributed by atoms with van der Waals surface area (Å²) >= 11 is 0. The summed E-state index contributed by atoms with van der Waals surface area (Å²) in [5.41, 5.74) is 5.92. The first-order valence-corrected chi connectivity index (χ1v) is 6.24. The van der Waals surface area contributed by atoms with Gasteiger partial charge in [0.15, 0.2) is 23.1 Å². The van der Waals surface area contributed by atoms with Crippen molar-refractivity contribution in [3.05, 3.63) is 17.4 Å². The van der Waals surface area contributed by atoms with Gasteiger partial charge in [-0.2, -0.15) is 0 Å². The van der Waals surface area contributed by atoms with Crippen molar-refractivity contribution in [1.29, 1.82) is 0 Å². The molecule has 4 nitrogen and oxygen atoms in total. The predicted molar refractivity (Wildman–Crippen MR) is 65.7 cm³/mol. The largest absolute Gasteiger partial charge is 0.505 e. The molecule has 0 aliphatic carbocycles. The zero-order valence-electron chi connectivity index (χ0n) is 10.2. The van der Waals surface area contributed by atoms with Crippen molar-refractivity contribution < 1.29 is 19.0 Å². The number of phenols is 1. The maximum absolute atomic E-state index is 13.6. The predicted octanol–water partition coefficient (Wildman–Crippen LogP) is 1.97. The molecule has 100 valence electrons. The summed E-state index contributed by atoms with van der Waals surface area (Å²) in [4.78, 5) is 0. The van der Waals surface area contributed by atoms with E-state index < -0.39 is 5.82 Å².